The van der Waals surface area contributed by atoms with Crippen molar-refractivity contribution in [3.8, 4) is 0 Å². The minimum absolute atomic E-state index is 0.0884. The molecule has 0 unspecified atom stereocenters. The molecule has 0 spiro atoms. The maximum Gasteiger partial charge on any atom is 0.421 e. The van der Waals surface area contributed by atoms with Gasteiger partial charge in [0.15, 0.2) is 0 Å². The number of carbonyl (C=O) groups excluding carboxylic acids is 2. The number of ether oxygens (including phenoxy) is 2. The minimum atomic E-state index is -4.10. The van der Waals surface area contributed by atoms with Crippen LogP contribution in [0.3, 0.4) is 0 Å². The van der Waals surface area contributed by atoms with E-state index in [-0.39, 0.29) is 13.2 Å². The van der Waals surface area contributed by atoms with E-state index in [1.165, 1.54) is 0 Å². The van der Waals surface area contributed by atoms with Gasteiger partial charge in [-0.3, -0.25) is 4.79 Å². The summed E-state index contributed by atoms with van der Waals surface area (Å²) in [5.41, 5.74) is 0. The smallest absolute Gasteiger partial charge is 0.421 e. The van der Waals surface area contributed by atoms with Crippen LogP contribution in [0.4, 0.5) is 4.79 Å². The van der Waals surface area contributed by atoms with Crippen molar-refractivity contribution in [2.45, 2.75) is 20.3 Å². The number of rotatable bonds is 7. The van der Waals surface area contributed by atoms with Crippen molar-refractivity contribution in [2.75, 3.05) is 26.8 Å². The molecule has 0 aliphatic carbocycles. The maximum absolute atomic E-state index is 11.7. The largest absolute Gasteiger partial charge is 0.465 e. The monoisotopic (exact) mass is 282 g/mol. The van der Waals surface area contributed by atoms with E-state index in [2.05, 4.69) is 9.47 Å². The lowest BCUT2D eigenvalue weighted by molar-refractivity contribution is -0.143. The van der Waals surface area contributed by atoms with Crippen molar-refractivity contribution in [2.24, 2.45) is 0 Å². The highest BCUT2D eigenvalue weighted by Crippen LogP contribution is 2.01. The molecule has 0 bridgehead atoms. The number of hydrogen-bond donors (Lipinski definition) is 1. The molecular weight excluding hydrogens is 264 g/mol. The molecule has 8 nitrogen and oxygen atoms in total. The summed E-state index contributed by atoms with van der Waals surface area (Å²) in [6, 6.07) is 0. The molecule has 18 heavy (non-hydrogen) atoms. The zero-order valence-electron chi connectivity index (χ0n) is 10.6. The Bertz CT molecular complexity index is 381. The fraction of sp³-hybridized carbons (Fsp3) is 0.778. The van der Waals surface area contributed by atoms with E-state index in [0.29, 0.717) is 6.42 Å². The van der Waals surface area contributed by atoms with Crippen molar-refractivity contribution in [3.63, 3.8) is 0 Å². The quantitative estimate of drug-likeness (QED) is 0.652. The number of nitrogens with zero attached hydrogens (tertiary/aromatic N) is 1. The van der Waals surface area contributed by atoms with Crippen LogP contribution in [0.15, 0.2) is 0 Å². The van der Waals surface area contributed by atoms with Crippen molar-refractivity contribution in [3.05, 3.63) is 0 Å². The van der Waals surface area contributed by atoms with Gasteiger partial charge in [0.1, 0.15) is 6.54 Å². The van der Waals surface area contributed by atoms with Gasteiger partial charge in [-0.2, -0.15) is 12.7 Å². The summed E-state index contributed by atoms with van der Waals surface area (Å²) in [6.07, 6.45) is -0.624. The molecule has 0 atom stereocenters. The Morgan fingerprint density at radius 3 is 2.33 bits per heavy atom. The molecule has 0 rings (SSSR count). The molecule has 0 aromatic carbocycles. The molecule has 0 aliphatic rings. The molecule has 0 saturated carbocycles. The van der Waals surface area contributed by atoms with Crippen LogP contribution in [0.5, 0.6) is 0 Å². The Kier molecular flexibility index (Phi) is 7.29. The average molecular weight is 282 g/mol. The normalized spacial score (nSPS) is 11.1. The Balaban J connectivity index is 4.76. The summed E-state index contributed by atoms with van der Waals surface area (Å²) in [6.45, 7) is 3.15. The average Bonchev–Trinajstić information content (AvgIpc) is 2.28. The fourth-order valence-corrected chi connectivity index (χ4v) is 2.22. The van der Waals surface area contributed by atoms with Gasteiger partial charge in [-0.15, -0.1) is 0 Å². The predicted octanol–water partition coefficient (Wildman–Crippen LogP) is -0.138. The first-order valence-corrected chi connectivity index (χ1v) is 6.82. The summed E-state index contributed by atoms with van der Waals surface area (Å²) >= 11 is 0. The molecule has 0 aliphatic heterocycles. The maximum atomic E-state index is 11.7. The number of nitrogens with one attached hydrogen (secondary N) is 1. The van der Waals surface area contributed by atoms with Gasteiger partial charge in [0.25, 0.3) is 0 Å². The molecule has 0 heterocycles. The van der Waals surface area contributed by atoms with E-state index in [4.69, 9.17) is 0 Å². The van der Waals surface area contributed by atoms with Gasteiger partial charge in [-0.1, -0.05) is 6.92 Å². The number of amides is 1. The summed E-state index contributed by atoms with van der Waals surface area (Å²) in [4.78, 5) is 22.2. The van der Waals surface area contributed by atoms with Crippen LogP contribution in [0.1, 0.15) is 20.3 Å². The Labute approximate surface area is 106 Å². The SMILES string of the molecule is CCCN(CC(=O)OCC)S(=O)(=O)NC(=O)OC. The van der Waals surface area contributed by atoms with Gasteiger partial charge in [-0.25, -0.2) is 9.52 Å². The van der Waals surface area contributed by atoms with Gasteiger partial charge in [-0.05, 0) is 13.3 Å². The highest BCUT2D eigenvalue weighted by molar-refractivity contribution is 7.87. The topological polar surface area (TPSA) is 102 Å². The van der Waals surface area contributed by atoms with E-state index in [1.54, 1.807) is 18.6 Å². The first-order chi connectivity index (χ1) is 8.37. The lowest BCUT2D eigenvalue weighted by Crippen LogP contribution is -2.46. The Morgan fingerprint density at radius 1 is 1.28 bits per heavy atom. The highest BCUT2D eigenvalue weighted by atomic mass is 32.2. The van der Waals surface area contributed by atoms with E-state index in [1.807, 2.05) is 0 Å². The number of esters is 1. The fourth-order valence-electron chi connectivity index (χ4n) is 1.10. The van der Waals surface area contributed by atoms with Crippen LogP contribution in [-0.4, -0.2) is 51.6 Å². The van der Waals surface area contributed by atoms with Gasteiger partial charge in [0, 0.05) is 6.54 Å². The van der Waals surface area contributed by atoms with Crippen molar-refractivity contribution >= 4 is 22.3 Å². The minimum Gasteiger partial charge on any atom is -0.465 e. The van der Waals surface area contributed by atoms with Gasteiger partial charge < -0.3 is 9.47 Å². The molecule has 0 aromatic heterocycles. The molecule has 1 amide bonds. The van der Waals surface area contributed by atoms with E-state index < -0.39 is 28.8 Å². The lowest BCUT2D eigenvalue weighted by atomic mass is 10.5. The first-order valence-electron chi connectivity index (χ1n) is 5.38. The molecule has 9 heteroatoms. The number of carbonyl (C=O) groups is 2. The lowest BCUT2D eigenvalue weighted by Gasteiger charge is -2.20. The first kappa shape index (κ1) is 16.6. The van der Waals surface area contributed by atoms with Gasteiger partial charge in [0.2, 0.25) is 0 Å². The number of hydrogen-bond acceptors (Lipinski definition) is 6. The van der Waals surface area contributed by atoms with Crippen molar-refractivity contribution in [1.29, 1.82) is 0 Å². The van der Waals surface area contributed by atoms with E-state index >= 15 is 0 Å². The van der Waals surface area contributed by atoms with Gasteiger partial charge in [0.05, 0.1) is 13.7 Å². The molecule has 1 N–H and O–H groups in total. The van der Waals surface area contributed by atoms with Crippen molar-refractivity contribution < 1.29 is 27.5 Å². The van der Waals surface area contributed by atoms with Gasteiger partial charge >= 0.3 is 22.3 Å². The second-order valence-corrected chi connectivity index (χ2v) is 4.91. The predicted molar refractivity (Wildman–Crippen MR) is 63.0 cm³/mol. The standard InChI is InChI=1S/C9H18N2O6S/c1-4-6-11(7-8(12)17-5-2)18(14,15)10-9(13)16-3/h4-7H2,1-3H3,(H,10,13). The second kappa shape index (κ2) is 7.88. The summed E-state index contributed by atoms with van der Waals surface area (Å²) in [7, 11) is -3.06. The highest BCUT2D eigenvalue weighted by Gasteiger charge is 2.26. The molecule has 0 saturated heterocycles. The zero-order valence-corrected chi connectivity index (χ0v) is 11.4. The molecule has 0 radical (unpaired) electrons. The van der Waals surface area contributed by atoms with E-state index in [9.17, 15) is 18.0 Å². The van der Waals surface area contributed by atoms with Crippen LogP contribution in [0, 0.1) is 0 Å². The molecular formula is C9H18N2O6S. The Hall–Kier alpha value is -1.35. The van der Waals surface area contributed by atoms with Crippen LogP contribution in [0.25, 0.3) is 0 Å². The van der Waals surface area contributed by atoms with Crippen LogP contribution in [-0.2, 0) is 24.5 Å². The van der Waals surface area contributed by atoms with Crippen LogP contribution < -0.4 is 4.72 Å². The third-order valence-electron chi connectivity index (χ3n) is 1.82. The van der Waals surface area contributed by atoms with Crippen LogP contribution in [0.2, 0.25) is 0 Å². The summed E-state index contributed by atoms with van der Waals surface area (Å²) < 4.78 is 34.8. The number of methoxy groups -OCH3 is 1. The third-order valence-corrected chi connectivity index (χ3v) is 3.24. The second-order valence-electron chi connectivity index (χ2n) is 3.24. The molecule has 0 fully saturated rings. The summed E-state index contributed by atoms with van der Waals surface area (Å²) in [5.74, 6) is -0.679. The summed E-state index contributed by atoms with van der Waals surface area (Å²) in [5, 5.41) is 0. The third kappa shape index (κ3) is 5.82. The van der Waals surface area contributed by atoms with Crippen LogP contribution >= 0.6 is 0 Å². The zero-order chi connectivity index (χ0) is 14.2. The Morgan fingerprint density at radius 2 is 1.89 bits per heavy atom. The van der Waals surface area contributed by atoms with E-state index in [0.717, 1.165) is 11.4 Å². The van der Waals surface area contributed by atoms with Crippen molar-refractivity contribution in [1.82, 2.24) is 9.03 Å². The molecule has 0 aromatic rings. The molecule has 106 valence electrons.